The predicted molar refractivity (Wildman–Crippen MR) is 121 cm³/mol. The summed E-state index contributed by atoms with van der Waals surface area (Å²) in [6, 6.07) is 20.2. The van der Waals surface area contributed by atoms with E-state index in [1.807, 2.05) is 18.2 Å². The molecule has 1 heterocycles. The predicted octanol–water partition coefficient (Wildman–Crippen LogP) is 3.39. The smallest absolute Gasteiger partial charge is 0.238 e. The number of nitrogens with zero attached hydrogens (tertiary/aromatic N) is 1. The van der Waals surface area contributed by atoms with E-state index in [1.54, 1.807) is 11.3 Å². The van der Waals surface area contributed by atoms with Crippen molar-refractivity contribution in [3.63, 3.8) is 0 Å². The molecule has 0 spiro atoms. The second kappa shape index (κ2) is 9.99. The van der Waals surface area contributed by atoms with Crippen molar-refractivity contribution in [1.29, 1.82) is 0 Å². The zero-order valence-electron chi connectivity index (χ0n) is 16.7. The highest BCUT2D eigenvalue weighted by atomic mass is 32.2. The van der Waals surface area contributed by atoms with E-state index in [-0.39, 0.29) is 17.3 Å². The maximum atomic E-state index is 12.6. The summed E-state index contributed by atoms with van der Waals surface area (Å²) >= 11 is 1.73. The third kappa shape index (κ3) is 6.77. The summed E-state index contributed by atoms with van der Waals surface area (Å²) < 4.78 is 22.7. The third-order valence-electron chi connectivity index (χ3n) is 4.57. The topological polar surface area (TPSA) is 92.5 Å². The molecule has 0 aliphatic rings. The van der Waals surface area contributed by atoms with Crippen molar-refractivity contribution in [2.45, 2.75) is 24.8 Å². The molecule has 6 nitrogen and oxygen atoms in total. The van der Waals surface area contributed by atoms with Crippen LogP contribution in [0, 0.1) is 6.92 Å². The van der Waals surface area contributed by atoms with Crippen molar-refractivity contribution in [3.8, 4) is 0 Å². The summed E-state index contributed by atoms with van der Waals surface area (Å²) in [5.74, 6) is -0.153. The van der Waals surface area contributed by atoms with Crippen molar-refractivity contribution in [1.82, 2.24) is 4.90 Å². The number of carbonyl (C=O) groups excluding carboxylic acids is 1. The molecular weight excluding hydrogens is 418 g/mol. The fourth-order valence-corrected chi connectivity index (χ4v) is 4.52. The second-order valence-electron chi connectivity index (χ2n) is 7.08. The van der Waals surface area contributed by atoms with Gasteiger partial charge in [0.1, 0.15) is 0 Å². The Balaban J connectivity index is 1.64. The van der Waals surface area contributed by atoms with Gasteiger partial charge in [0.25, 0.3) is 0 Å². The summed E-state index contributed by atoms with van der Waals surface area (Å²) in [7, 11) is -3.75. The number of aryl methyl sites for hydroxylation is 1. The monoisotopic (exact) mass is 443 g/mol. The van der Waals surface area contributed by atoms with Crippen LogP contribution in [-0.4, -0.2) is 32.3 Å². The van der Waals surface area contributed by atoms with Gasteiger partial charge in [-0.3, -0.25) is 9.69 Å². The molecule has 8 heteroatoms. The number of rotatable bonds is 9. The van der Waals surface area contributed by atoms with Gasteiger partial charge in [-0.1, -0.05) is 30.3 Å². The number of nitrogens with one attached hydrogen (secondary N) is 1. The van der Waals surface area contributed by atoms with Gasteiger partial charge < -0.3 is 5.32 Å². The molecule has 0 unspecified atom stereocenters. The first-order valence-electron chi connectivity index (χ1n) is 9.54. The fourth-order valence-electron chi connectivity index (χ4n) is 3.07. The third-order valence-corrected chi connectivity index (χ3v) is 6.48. The number of thiophene rings is 1. The molecule has 0 fully saturated rings. The lowest BCUT2D eigenvalue weighted by Gasteiger charge is -2.21. The van der Waals surface area contributed by atoms with Crippen molar-refractivity contribution in [2.24, 2.45) is 5.14 Å². The molecule has 0 bridgehead atoms. The normalized spacial score (nSPS) is 11.6. The fraction of sp³-hybridized carbons (Fsp3) is 0.227. The Hall–Kier alpha value is -2.52. The number of amides is 1. The molecule has 3 rings (SSSR count). The first-order valence-corrected chi connectivity index (χ1v) is 11.9. The van der Waals surface area contributed by atoms with Crippen LogP contribution in [0.1, 0.15) is 15.3 Å². The van der Waals surface area contributed by atoms with Crippen molar-refractivity contribution >= 4 is 33.0 Å². The van der Waals surface area contributed by atoms with Crippen LogP contribution >= 0.6 is 11.3 Å². The van der Waals surface area contributed by atoms with E-state index < -0.39 is 10.0 Å². The highest BCUT2D eigenvalue weighted by Gasteiger charge is 2.14. The van der Waals surface area contributed by atoms with Gasteiger partial charge in [0, 0.05) is 28.5 Å². The zero-order valence-corrected chi connectivity index (χ0v) is 18.4. The zero-order chi connectivity index (χ0) is 21.6. The van der Waals surface area contributed by atoms with Crippen LogP contribution in [0.25, 0.3) is 0 Å². The van der Waals surface area contributed by atoms with Crippen LogP contribution in [0.15, 0.2) is 71.6 Å². The molecule has 0 aliphatic heterocycles. The SMILES string of the molecule is Cc1ccc(CN(CCc2ccccc2)CC(=O)Nc2ccc(S(N)(=O)=O)cc2)s1. The van der Waals surface area contributed by atoms with Crippen LogP contribution < -0.4 is 10.5 Å². The molecule has 3 aromatic rings. The minimum Gasteiger partial charge on any atom is -0.325 e. The number of hydrogen-bond acceptors (Lipinski definition) is 5. The van der Waals surface area contributed by atoms with Gasteiger partial charge in [0.05, 0.1) is 11.4 Å². The molecule has 1 amide bonds. The van der Waals surface area contributed by atoms with Crippen molar-refractivity contribution < 1.29 is 13.2 Å². The van der Waals surface area contributed by atoms with E-state index in [2.05, 4.69) is 41.4 Å². The van der Waals surface area contributed by atoms with Gasteiger partial charge in [-0.2, -0.15) is 0 Å². The standard InChI is InChI=1S/C22H25N3O3S2/c1-17-7-10-20(29-17)15-25(14-13-18-5-3-2-4-6-18)16-22(26)24-19-8-11-21(12-9-19)30(23,27)28/h2-12H,13-16H2,1H3,(H,24,26)(H2,23,27,28). The van der Waals surface area contributed by atoms with Gasteiger partial charge in [-0.15, -0.1) is 11.3 Å². The summed E-state index contributed by atoms with van der Waals surface area (Å²) in [6.45, 7) is 3.75. The highest BCUT2D eigenvalue weighted by molar-refractivity contribution is 7.89. The molecule has 0 atom stereocenters. The molecule has 0 saturated heterocycles. The minimum absolute atomic E-state index is 0.0121. The van der Waals surface area contributed by atoms with Crippen LogP contribution in [0.2, 0.25) is 0 Å². The maximum absolute atomic E-state index is 12.6. The molecule has 1 aromatic heterocycles. The van der Waals surface area contributed by atoms with E-state index in [9.17, 15) is 13.2 Å². The average Bonchev–Trinajstić information content (AvgIpc) is 3.11. The van der Waals surface area contributed by atoms with Crippen molar-refractivity contribution in [2.75, 3.05) is 18.4 Å². The van der Waals surface area contributed by atoms with Gasteiger partial charge >= 0.3 is 0 Å². The van der Waals surface area contributed by atoms with Crippen LogP contribution in [0.4, 0.5) is 5.69 Å². The Morgan fingerprint density at radius 2 is 1.73 bits per heavy atom. The Labute approximate surface area is 181 Å². The molecule has 0 aliphatic carbocycles. The van der Waals surface area contributed by atoms with Gasteiger partial charge in [0.2, 0.25) is 15.9 Å². The number of primary sulfonamides is 1. The highest BCUT2D eigenvalue weighted by Crippen LogP contribution is 2.18. The number of nitrogens with two attached hydrogens (primary N) is 1. The van der Waals surface area contributed by atoms with Crippen LogP contribution in [-0.2, 0) is 27.8 Å². The van der Waals surface area contributed by atoms with E-state index >= 15 is 0 Å². The largest absolute Gasteiger partial charge is 0.325 e. The number of benzene rings is 2. The molecule has 2 aromatic carbocycles. The number of anilines is 1. The average molecular weight is 444 g/mol. The molecule has 30 heavy (non-hydrogen) atoms. The Bertz CT molecular complexity index is 1080. The number of hydrogen-bond donors (Lipinski definition) is 2. The van der Waals surface area contributed by atoms with Gasteiger partial charge in [-0.05, 0) is 55.3 Å². The minimum atomic E-state index is -3.75. The summed E-state index contributed by atoms with van der Waals surface area (Å²) in [5, 5.41) is 7.94. The van der Waals surface area contributed by atoms with Crippen LogP contribution in [0.3, 0.4) is 0 Å². The molecule has 0 radical (unpaired) electrons. The van der Waals surface area contributed by atoms with Crippen molar-refractivity contribution in [3.05, 3.63) is 82.0 Å². The van der Waals surface area contributed by atoms with Gasteiger partial charge in [0.15, 0.2) is 0 Å². The summed E-state index contributed by atoms with van der Waals surface area (Å²) in [6.07, 6.45) is 0.849. The molecule has 158 valence electrons. The Morgan fingerprint density at radius 3 is 2.33 bits per heavy atom. The molecule has 3 N–H and O–H groups in total. The van der Waals surface area contributed by atoms with E-state index in [0.29, 0.717) is 12.2 Å². The first-order chi connectivity index (χ1) is 14.3. The first kappa shape index (κ1) is 22.2. The lowest BCUT2D eigenvalue weighted by molar-refractivity contribution is -0.117. The second-order valence-corrected chi connectivity index (χ2v) is 10.0. The quantitative estimate of drug-likeness (QED) is 0.530. The Kier molecular flexibility index (Phi) is 7.38. The van der Waals surface area contributed by atoms with E-state index in [1.165, 1.54) is 39.6 Å². The van der Waals surface area contributed by atoms with Crippen LogP contribution in [0.5, 0.6) is 0 Å². The number of carbonyl (C=O) groups is 1. The lowest BCUT2D eigenvalue weighted by Crippen LogP contribution is -2.34. The van der Waals surface area contributed by atoms with E-state index in [4.69, 9.17) is 5.14 Å². The van der Waals surface area contributed by atoms with Gasteiger partial charge in [-0.25, -0.2) is 13.6 Å². The maximum Gasteiger partial charge on any atom is 0.238 e. The lowest BCUT2D eigenvalue weighted by atomic mass is 10.1. The molecular formula is C22H25N3O3S2. The molecule has 0 saturated carbocycles. The summed E-state index contributed by atoms with van der Waals surface area (Å²) in [5.41, 5.74) is 1.76. The Morgan fingerprint density at radius 1 is 1.03 bits per heavy atom. The van der Waals surface area contributed by atoms with E-state index in [0.717, 1.165) is 13.0 Å². The summed E-state index contributed by atoms with van der Waals surface area (Å²) in [4.78, 5) is 17.2. The number of sulfonamides is 1.